The molecule has 0 bridgehead atoms. The maximum atomic E-state index is 13.0. The number of rotatable bonds is 5. The van der Waals surface area contributed by atoms with Crippen molar-refractivity contribution in [2.24, 2.45) is 10.2 Å². The van der Waals surface area contributed by atoms with E-state index in [1.165, 1.54) is 13.2 Å². The highest BCUT2D eigenvalue weighted by Gasteiger charge is 2.20. The molecule has 4 rings (SSSR count). The van der Waals surface area contributed by atoms with Crippen molar-refractivity contribution in [2.75, 3.05) is 12.4 Å². The lowest BCUT2D eigenvalue weighted by Crippen LogP contribution is -2.18. The van der Waals surface area contributed by atoms with Gasteiger partial charge in [-0.1, -0.05) is 42.5 Å². The van der Waals surface area contributed by atoms with E-state index in [0.717, 1.165) is 0 Å². The maximum absolute atomic E-state index is 13.0. The average molecular weight is 425 g/mol. The molecule has 0 fully saturated rings. The van der Waals surface area contributed by atoms with Gasteiger partial charge in [-0.05, 0) is 41.1 Å². The van der Waals surface area contributed by atoms with Crippen molar-refractivity contribution >= 4 is 39.8 Å². The van der Waals surface area contributed by atoms with Crippen molar-refractivity contribution in [1.82, 2.24) is 10.3 Å². The van der Waals surface area contributed by atoms with Crippen molar-refractivity contribution in [3.63, 3.8) is 0 Å². The first kappa shape index (κ1) is 20.7. The molecule has 3 aromatic carbocycles. The van der Waals surface area contributed by atoms with Crippen LogP contribution in [0.25, 0.3) is 10.8 Å². The van der Waals surface area contributed by atoms with Crippen LogP contribution >= 0.6 is 0 Å². The summed E-state index contributed by atoms with van der Waals surface area (Å²) in [5.41, 5.74) is 0.988. The van der Waals surface area contributed by atoms with Gasteiger partial charge in [-0.2, -0.15) is 0 Å². The number of aromatic hydroxyl groups is 1. The van der Waals surface area contributed by atoms with E-state index in [9.17, 15) is 14.7 Å². The van der Waals surface area contributed by atoms with Gasteiger partial charge in [0.25, 0.3) is 11.8 Å². The first-order valence-electron chi connectivity index (χ1n) is 9.78. The summed E-state index contributed by atoms with van der Waals surface area (Å²) in [6.45, 7) is 0. The van der Waals surface area contributed by atoms with Gasteiger partial charge in [0.2, 0.25) is 0 Å². The van der Waals surface area contributed by atoms with E-state index in [-0.39, 0.29) is 34.3 Å². The number of carbonyl (C=O) groups excluding carboxylic acids is 2. The summed E-state index contributed by atoms with van der Waals surface area (Å²) in [6.07, 6.45) is 1.49. The first-order chi connectivity index (χ1) is 15.6. The van der Waals surface area contributed by atoms with Gasteiger partial charge in [0.1, 0.15) is 5.69 Å². The van der Waals surface area contributed by atoms with Gasteiger partial charge in [0, 0.05) is 18.9 Å². The molecule has 0 radical (unpaired) electrons. The summed E-state index contributed by atoms with van der Waals surface area (Å²) in [5.74, 6) is -1.07. The van der Waals surface area contributed by atoms with Crippen LogP contribution in [0, 0.1) is 0 Å². The van der Waals surface area contributed by atoms with E-state index in [1.807, 2.05) is 18.2 Å². The molecule has 158 valence electrons. The van der Waals surface area contributed by atoms with Crippen molar-refractivity contribution in [2.45, 2.75) is 0 Å². The fourth-order valence-electron chi connectivity index (χ4n) is 3.23. The van der Waals surface area contributed by atoms with Gasteiger partial charge in [-0.15, -0.1) is 10.2 Å². The molecule has 8 heteroatoms. The standard InChI is InChI=1S/C24H19N5O3/c1-25-23(31)18-12-7-13-26-22(18)29-28-19-14-15-8-5-6-11-17(15)20(21(19)30)24(32)27-16-9-3-2-4-10-16/h2-14,30H,1H3,(H,25,31)(H,27,32). The number of fused-ring (bicyclic) bond motifs is 1. The Bertz CT molecular complexity index is 1340. The van der Waals surface area contributed by atoms with Crippen LogP contribution in [0.1, 0.15) is 20.7 Å². The predicted octanol–water partition coefficient (Wildman–Crippen LogP) is 4.97. The van der Waals surface area contributed by atoms with Gasteiger partial charge in [0.05, 0.1) is 11.1 Å². The maximum Gasteiger partial charge on any atom is 0.260 e. The fraction of sp³-hybridized carbons (Fsp3) is 0.0417. The van der Waals surface area contributed by atoms with Gasteiger partial charge < -0.3 is 15.7 Å². The molecule has 0 saturated carbocycles. The number of benzene rings is 3. The van der Waals surface area contributed by atoms with Crippen LogP contribution in [-0.4, -0.2) is 29.0 Å². The summed E-state index contributed by atoms with van der Waals surface area (Å²) in [6, 6.07) is 20.9. The number of anilines is 1. The monoisotopic (exact) mass is 425 g/mol. The third-order valence-corrected chi connectivity index (χ3v) is 4.77. The van der Waals surface area contributed by atoms with Crippen molar-refractivity contribution in [3.05, 3.63) is 90.1 Å². The number of phenolic OH excluding ortho intramolecular Hbond substituents is 1. The number of hydrogen-bond donors (Lipinski definition) is 3. The van der Waals surface area contributed by atoms with Crippen LogP contribution in [0.5, 0.6) is 5.75 Å². The number of hydrogen-bond acceptors (Lipinski definition) is 6. The van der Waals surface area contributed by atoms with E-state index in [2.05, 4.69) is 25.8 Å². The number of phenols is 1. The van der Waals surface area contributed by atoms with Crippen LogP contribution < -0.4 is 10.6 Å². The van der Waals surface area contributed by atoms with E-state index in [1.54, 1.807) is 54.6 Å². The Balaban J connectivity index is 1.79. The van der Waals surface area contributed by atoms with Gasteiger partial charge in [0.15, 0.2) is 11.6 Å². The molecule has 4 aromatic rings. The topological polar surface area (TPSA) is 116 Å². The number of nitrogens with one attached hydrogen (secondary N) is 2. The van der Waals surface area contributed by atoms with Crippen molar-refractivity contribution < 1.29 is 14.7 Å². The molecule has 3 N–H and O–H groups in total. The highest BCUT2D eigenvalue weighted by Crippen LogP contribution is 2.38. The molecule has 0 aliphatic carbocycles. The minimum absolute atomic E-state index is 0.0773. The molecule has 8 nitrogen and oxygen atoms in total. The molecule has 0 aliphatic heterocycles. The lowest BCUT2D eigenvalue weighted by molar-refractivity contribution is 0.0962. The largest absolute Gasteiger partial charge is 0.505 e. The molecule has 2 amide bonds. The predicted molar refractivity (Wildman–Crippen MR) is 122 cm³/mol. The molecule has 32 heavy (non-hydrogen) atoms. The lowest BCUT2D eigenvalue weighted by Gasteiger charge is -2.12. The Morgan fingerprint density at radius 2 is 1.66 bits per heavy atom. The van der Waals surface area contributed by atoms with Gasteiger partial charge in [-0.3, -0.25) is 9.59 Å². The summed E-state index contributed by atoms with van der Waals surface area (Å²) < 4.78 is 0. The molecular weight excluding hydrogens is 406 g/mol. The van der Waals surface area contributed by atoms with Crippen molar-refractivity contribution in [3.8, 4) is 5.75 Å². The van der Waals surface area contributed by atoms with Crippen LogP contribution in [0.4, 0.5) is 17.2 Å². The van der Waals surface area contributed by atoms with E-state index in [4.69, 9.17) is 0 Å². The van der Waals surface area contributed by atoms with Crippen LogP contribution in [0.3, 0.4) is 0 Å². The van der Waals surface area contributed by atoms with Crippen molar-refractivity contribution in [1.29, 1.82) is 0 Å². The normalized spacial score (nSPS) is 10.9. The molecule has 1 aromatic heterocycles. The molecule has 0 saturated heterocycles. The number of nitrogens with zero attached hydrogens (tertiary/aromatic N) is 3. The number of amides is 2. The highest BCUT2D eigenvalue weighted by atomic mass is 16.3. The number of pyridine rings is 1. The van der Waals surface area contributed by atoms with E-state index < -0.39 is 5.91 Å². The Kier molecular flexibility index (Phi) is 5.85. The van der Waals surface area contributed by atoms with Crippen LogP contribution in [0.2, 0.25) is 0 Å². The zero-order valence-electron chi connectivity index (χ0n) is 17.1. The first-order valence-corrected chi connectivity index (χ1v) is 9.78. The number of azo groups is 1. The minimum Gasteiger partial charge on any atom is -0.505 e. The quantitative estimate of drug-likeness (QED) is 0.392. The Labute approximate surface area is 183 Å². The zero-order chi connectivity index (χ0) is 22.5. The molecule has 0 spiro atoms. The summed E-state index contributed by atoms with van der Waals surface area (Å²) in [4.78, 5) is 29.2. The van der Waals surface area contributed by atoms with Crippen LogP contribution in [-0.2, 0) is 0 Å². The second-order valence-electron chi connectivity index (χ2n) is 6.81. The Morgan fingerprint density at radius 3 is 2.44 bits per heavy atom. The van der Waals surface area contributed by atoms with E-state index >= 15 is 0 Å². The SMILES string of the molecule is CNC(=O)c1cccnc1N=Nc1cc2ccccc2c(C(=O)Nc2ccccc2)c1O. The summed E-state index contributed by atoms with van der Waals surface area (Å²) >= 11 is 0. The lowest BCUT2D eigenvalue weighted by atomic mass is 10.0. The summed E-state index contributed by atoms with van der Waals surface area (Å²) in [7, 11) is 1.50. The number of carbonyl (C=O) groups is 2. The number of aromatic nitrogens is 1. The highest BCUT2D eigenvalue weighted by molar-refractivity contribution is 6.16. The van der Waals surface area contributed by atoms with Crippen LogP contribution in [0.15, 0.2) is 89.2 Å². The zero-order valence-corrected chi connectivity index (χ0v) is 17.1. The molecular formula is C24H19N5O3. The number of para-hydroxylation sites is 1. The molecule has 0 atom stereocenters. The molecule has 1 heterocycles. The molecule has 0 unspecified atom stereocenters. The average Bonchev–Trinajstić information content (AvgIpc) is 2.83. The second-order valence-corrected chi connectivity index (χ2v) is 6.81. The molecule has 0 aliphatic rings. The Hall–Kier alpha value is -4.59. The summed E-state index contributed by atoms with van der Waals surface area (Å²) in [5, 5.41) is 25.7. The third-order valence-electron chi connectivity index (χ3n) is 4.77. The second kappa shape index (κ2) is 9.05. The van der Waals surface area contributed by atoms with Gasteiger partial charge >= 0.3 is 0 Å². The Morgan fingerprint density at radius 1 is 0.906 bits per heavy atom. The van der Waals surface area contributed by atoms with Gasteiger partial charge in [-0.25, -0.2) is 4.98 Å². The van der Waals surface area contributed by atoms with E-state index in [0.29, 0.717) is 16.5 Å². The minimum atomic E-state index is -0.481. The smallest absolute Gasteiger partial charge is 0.260 e. The fourth-order valence-corrected chi connectivity index (χ4v) is 3.23. The third kappa shape index (κ3) is 4.15.